The summed E-state index contributed by atoms with van der Waals surface area (Å²) in [5.74, 6) is 0.364. The number of rotatable bonds is 3. The van der Waals surface area contributed by atoms with E-state index in [1.54, 1.807) is 13.0 Å². The molecule has 3 heteroatoms. The smallest absolute Gasteiger partial charge is 0.133 e. The lowest BCUT2D eigenvalue weighted by molar-refractivity contribution is -0.122. The van der Waals surface area contributed by atoms with Crippen LogP contribution in [0.25, 0.3) is 0 Å². The van der Waals surface area contributed by atoms with Gasteiger partial charge < -0.3 is 0 Å². The van der Waals surface area contributed by atoms with E-state index >= 15 is 0 Å². The zero-order valence-corrected chi connectivity index (χ0v) is 10.2. The quantitative estimate of drug-likeness (QED) is 0.802. The van der Waals surface area contributed by atoms with Crippen LogP contribution in [0.4, 0.5) is 4.39 Å². The number of carbonyl (C=O) groups is 1. The van der Waals surface area contributed by atoms with E-state index in [1.165, 1.54) is 6.07 Å². The Labute approximate surface area is 101 Å². The average molecular weight is 235 g/mol. The van der Waals surface area contributed by atoms with Crippen LogP contribution in [0, 0.1) is 11.7 Å². The van der Waals surface area contributed by atoms with Gasteiger partial charge in [0, 0.05) is 18.0 Å². The molecule has 1 aliphatic heterocycles. The molecule has 0 saturated carbocycles. The zero-order valence-electron chi connectivity index (χ0n) is 10.2. The van der Waals surface area contributed by atoms with E-state index in [0.717, 1.165) is 31.5 Å². The van der Waals surface area contributed by atoms with Crippen molar-refractivity contribution in [2.24, 2.45) is 5.92 Å². The summed E-state index contributed by atoms with van der Waals surface area (Å²) in [5, 5.41) is 0. The summed E-state index contributed by atoms with van der Waals surface area (Å²) < 4.78 is 13.5. The number of hydrogen-bond donors (Lipinski definition) is 0. The van der Waals surface area contributed by atoms with Gasteiger partial charge in [-0.3, -0.25) is 9.69 Å². The van der Waals surface area contributed by atoms with Crippen LogP contribution in [-0.4, -0.2) is 23.8 Å². The molecule has 1 heterocycles. The number of nitrogens with zero attached hydrogens (tertiary/aromatic N) is 1. The molecule has 0 bridgehead atoms. The van der Waals surface area contributed by atoms with E-state index in [0.29, 0.717) is 6.54 Å². The molecule has 1 aliphatic rings. The molecule has 1 fully saturated rings. The van der Waals surface area contributed by atoms with Crippen LogP contribution < -0.4 is 0 Å². The van der Waals surface area contributed by atoms with Crippen LogP contribution in [-0.2, 0) is 11.3 Å². The predicted octanol–water partition coefficient (Wildman–Crippen LogP) is 2.63. The number of ketones is 1. The minimum Gasteiger partial charge on any atom is -0.300 e. The maximum atomic E-state index is 13.5. The predicted molar refractivity (Wildman–Crippen MR) is 65.1 cm³/mol. The highest BCUT2D eigenvalue weighted by molar-refractivity contribution is 5.78. The lowest BCUT2D eigenvalue weighted by Gasteiger charge is -2.30. The second kappa shape index (κ2) is 5.41. The Bertz CT molecular complexity index is 397. The molecule has 1 saturated heterocycles. The first-order chi connectivity index (χ1) is 8.16. The van der Waals surface area contributed by atoms with Gasteiger partial charge >= 0.3 is 0 Å². The van der Waals surface area contributed by atoms with Gasteiger partial charge in [-0.2, -0.15) is 0 Å². The van der Waals surface area contributed by atoms with Crippen LogP contribution in [0.15, 0.2) is 24.3 Å². The summed E-state index contributed by atoms with van der Waals surface area (Å²) in [5.41, 5.74) is 0.744. The molecule has 0 aliphatic carbocycles. The van der Waals surface area contributed by atoms with Crippen molar-refractivity contribution < 1.29 is 9.18 Å². The minimum atomic E-state index is -0.138. The van der Waals surface area contributed by atoms with E-state index in [-0.39, 0.29) is 17.5 Å². The summed E-state index contributed by atoms with van der Waals surface area (Å²) in [6.45, 7) is 4.09. The maximum absolute atomic E-state index is 13.5. The van der Waals surface area contributed by atoms with Crippen molar-refractivity contribution in [1.29, 1.82) is 0 Å². The minimum absolute atomic E-state index is 0.138. The second-order valence-corrected chi connectivity index (χ2v) is 4.75. The Balaban J connectivity index is 1.90. The van der Waals surface area contributed by atoms with E-state index in [9.17, 15) is 9.18 Å². The van der Waals surface area contributed by atoms with Crippen molar-refractivity contribution in [3.8, 4) is 0 Å². The Morgan fingerprint density at radius 3 is 2.59 bits per heavy atom. The van der Waals surface area contributed by atoms with Gasteiger partial charge in [-0.1, -0.05) is 18.2 Å². The average Bonchev–Trinajstić information content (AvgIpc) is 2.33. The van der Waals surface area contributed by atoms with Crippen LogP contribution in [0.3, 0.4) is 0 Å². The summed E-state index contributed by atoms with van der Waals surface area (Å²) in [6, 6.07) is 6.89. The largest absolute Gasteiger partial charge is 0.300 e. The number of benzene rings is 1. The topological polar surface area (TPSA) is 20.3 Å². The molecule has 0 unspecified atom stereocenters. The molecule has 1 aromatic carbocycles. The SMILES string of the molecule is CC(=O)C1CCN(Cc2ccccc2F)CC1. The Morgan fingerprint density at radius 2 is 2.00 bits per heavy atom. The molecule has 17 heavy (non-hydrogen) atoms. The summed E-state index contributed by atoms with van der Waals surface area (Å²) in [7, 11) is 0. The lowest BCUT2D eigenvalue weighted by atomic mass is 9.93. The molecule has 0 aromatic heterocycles. The highest BCUT2D eigenvalue weighted by Crippen LogP contribution is 2.20. The Morgan fingerprint density at radius 1 is 1.35 bits per heavy atom. The molecule has 0 spiro atoms. The van der Waals surface area contributed by atoms with Crippen molar-refractivity contribution >= 4 is 5.78 Å². The fourth-order valence-corrected chi connectivity index (χ4v) is 2.37. The van der Waals surface area contributed by atoms with Crippen LogP contribution >= 0.6 is 0 Å². The van der Waals surface area contributed by atoms with Gasteiger partial charge in [0.1, 0.15) is 11.6 Å². The highest BCUT2D eigenvalue weighted by atomic mass is 19.1. The third-order valence-electron chi connectivity index (χ3n) is 3.51. The van der Waals surface area contributed by atoms with Gasteiger partial charge in [-0.15, -0.1) is 0 Å². The normalized spacial score (nSPS) is 18.2. The van der Waals surface area contributed by atoms with Gasteiger partial charge in [0.15, 0.2) is 0 Å². The van der Waals surface area contributed by atoms with Gasteiger partial charge in [0.2, 0.25) is 0 Å². The number of Topliss-reactive ketones (excluding diaryl/α,β-unsaturated/α-hetero) is 1. The summed E-state index contributed by atoms with van der Waals surface area (Å²) in [4.78, 5) is 13.5. The van der Waals surface area contributed by atoms with Gasteiger partial charge in [-0.05, 0) is 38.9 Å². The summed E-state index contributed by atoms with van der Waals surface area (Å²) in [6.07, 6.45) is 1.81. The van der Waals surface area contributed by atoms with Crippen LogP contribution in [0.1, 0.15) is 25.3 Å². The number of halogens is 1. The number of piperidine rings is 1. The first-order valence-corrected chi connectivity index (χ1v) is 6.13. The molecule has 2 rings (SSSR count). The van der Waals surface area contributed by atoms with Crippen molar-refractivity contribution in [2.75, 3.05) is 13.1 Å². The third-order valence-corrected chi connectivity index (χ3v) is 3.51. The maximum Gasteiger partial charge on any atom is 0.133 e. The molecule has 2 nitrogen and oxygen atoms in total. The first kappa shape index (κ1) is 12.2. The zero-order chi connectivity index (χ0) is 12.3. The molecule has 0 atom stereocenters. The van der Waals surface area contributed by atoms with E-state index in [4.69, 9.17) is 0 Å². The van der Waals surface area contributed by atoms with Gasteiger partial charge in [0.05, 0.1) is 0 Å². The molecular formula is C14H18FNO. The van der Waals surface area contributed by atoms with Crippen LogP contribution in [0.2, 0.25) is 0 Å². The molecule has 1 aromatic rings. The van der Waals surface area contributed by atoms with Crippen molar-refractivity contribution in [1.82, 2.24) is 4.90 Å². The Kier molecular flexibility index (Phi) is 3.89. The number of carbonyl (C=O) groups excluding carboxylic acids is 1. The fourth-order valence-electron chi connectivity index (χ4n) is 2.37. The monoisotopic (exact) mass is 235 g/mol. The number of likely N-dealkylation sites (tertiary alicyclic amines) is 1. The third kappa shape index (κ3) is 3.13. The standard InChI is InChI=1S/C14H18FNO/c1-11(17)12-6-8-16(9-7-12)10-13-4-2-3-5-14(13)15/h2-5,12H,6-10H2,1H3. The molecule has 0 amide bonds. The molecular weight excluding hydrogens is 217 g/mol. The Hall–Kier alpha value is -1.22. The van der Waals surface area contributed by atoms with E-state index < -0.39 is 0 Å². The molecule has 0 radical (unpaired) electrons. The van der Waals surface area contributed by atoms with Crippen molar-refractivity contribution in [2.45, 2.75) is 26.3 Å². The van der Waals surface area contributed by atoms with Gasteiger partial charge in [-0.25, -0.2) is 4.39 Å². The molecule has 92 valence electrons. The van der Waals surface area contributed by atoms with Crippen molar-refractivity contribution in [3.05, 3.63) is 35.6 Å². The highest BCUT2D eigenvalue weighted by Gasteiger charge is 2.22. The molecule has 0 N–H and O–H groups in total. The van der Waals surface area contributed by atoms with Crippen LogP contribution in [0.5, 0.6) is 0 Å². The van der Waals surface area contributed by atoms with E-state index in [2.05, 4.69) is 4.90 Å². The summed E-state index contributed by atoms with van der Waals surface area (Å²) >= 11 is 0. The lowest BCUT2D eigenvalue weighted by Crippen LogP contribution is -2.35. The van der Waals surface area contributed by atoms with E-state index in [1.807, 2.05) is 12.1 Å². The van der Waals surface area contributed by atoms with Crippen molar-refractivity contribution in [3.63, 3.8) is 0 Å². The number of hydrogen-bond acceptors (Lipinski definition) is 2. The second-order valence-electron chi connectivity index (χ2n) is 4.75. The fraction of sp³-hybridized carbons (Fsp3) is 0.500. The van der Waals surface area contributed by atoms with Gasteiger partial charge in [0.25, 0.3) is 0 Å². The first-order valence-electron chi connectivity index (χ1n) is 6.13.